The first kappa shape index (κ1) is 30.9. The van der Waals surface area contributed by atoms with Crippen LogP contribution in [0.15, 0.2) is 94.7 Å². The van der Waals surface area contributed by atoms with Crippen molar-refractivity contribution < 1.29 is 26.4 Å². The zero-order valence-corrected chi connectivity index (χ0v) is 25.8. The van der Waals surface area contributed by atoms with Crippen molar-refractivity contribution in [2.24, 2.45) is 0 Å². The maximum absolute atomic E-state index is 13.8. The van der Waals surface area contributed by atoms with E-state index in [1.54, 1.807) is 62.4 Å². The number of methoxy groups -OCH3 is 1. The Morgan fingerprint density at radius 3 is 2.10 bits per heavy atom. The summed E-state index contributed by atoms with van der Waals surface area (Å²) >= 11 is 6.10. The van der Waals surface area contributed by atoms with Crippen LogP contribution in [0.5, 0.6) is 5.75 Å². The summed E-state index contributed by atoms with van der Waals surface area (Å²) in [6.45, 7) is 4.78. The van der Waals surface area contributed by atoms with Gasteiger partial charge in [-0.15, -0.1) is 0 Å². The lowest BCUT2D eigenvalue weighted by molar-refractivity contribution is -0.114. The van der Waals surface area contributed by atoms with Crippen molar-refractivity contribution >= 4 is 54.6 Å². The molecule has 0 aliphatic carbocycles. The molecule has 0 saturated heterocycles. The van der Waals surface area contributed by atoms with Gasteiger partial charge in [-0.2, -0.15) is 0 Å². The van der Waals surface area contributed by atoms with Crippen molar-refractivity contribution in [1.29, 1.82) is 0 Å². The van der Waals surface area contributed by atoms with Crippen LogP contribution >= 0.6 is 11.6 Å². The highest BCUT2D eigenvalue weighted by molar-refractivity contribution is 7.93. The predicted molar refractivity (Wildman–Crippen MR) is 166 cm³/mol. The largest absolute Gasteiger partial charge is 0.495 e. The quantitative estimate of drug-likeness (QED) is 0.225. The third kappa shape index (κ3) is 6.87. The number of aryl methyl sites for hydroxylation is 2. The van der Waals surface area contributed by atoms with Crippen LogP contribution < -0.4 is 19.1 Å². The van der Waals surface area contributed by atoms with Crippen molar-refractivity contribution in [3.05, 3.63) is 107 Å². The summed E-state index contributed by atoms with van der Waals surface area (Å²) in [5, 5.41) is 3.08. The van der Waals surface area contributed by atoms with Gasteiger partial charge >= 0.3 is 0 Å². The van der Waals surface area contributed by atoms with Gasteiger partial charge in [0, 0.05) is 10.7 Å². The highest BCUT2D eigenvalue weighted by atomic mass is 35.5. The molecule has 1 amide bonds. The number of sulfonamides is 2. The Morgan fingerprint density at radius 1 is 0.833 bits per heavy atom. The maximum atomic E-state index is 13.8. The molecule has 0 aromatic heterocycles. The van der Waals surface area contributed by atoms with E-state index < -0.39 is 32.5 Å². The van der Waals surface area contributed by atoms with Crippen LogP contribution in [-0.2, 0) is 24.8 Å². The Labute approximate surface area is 251 Å². The van der Waals surface area contributed by atoms with Gasteiger partial charge in [0.2, 0.25) is 5.91 Å². The number of halogens is 1. The van der Waals surface area contributed by atoms with Crippen molar-refractivity contribution in [3.63, 3.8) is 0 Å². The highest BCUT2D eigenvalue weighted by Gasteiger charge is 2.30. The number of carbonyl (C=O) groups is 1. The molecule has 0 aliphatic rings. The lowest BCUT2D eigenvalue weighted by Gasteiger charge is -2.26. The number of hydrogen-bond donors (Lipinski definition) is 2. The fourth-order valence-corrected chi connectivity index (χ4v) is 6.82. The second-order valence-electron chi connectivity index (χ2n) is 9.59. The van der Waals surface area contributed by atoms with E-state index in [9.17, 15) is 21.6 Å². The van der Waals surface area contributed by atoms with Crippen LogP contribution in [0.4, 0.5) is 17.1 Å². The number of anilines is 3. The first-order valence-electron chi connectivity index (χ1n) is 12.7. The van der Waals surface area contributed by atoms with Crippen molar-refractivity contribution in [2.75, 3.05) is 28.0 Å². The molecule has 220 valence electrons. The molecule has 0 atom stereocenters. The molecular formula is C30H30ClN3O6S2. The molecule has 0 saturated carbocycles. The maximum Gasteiger partial charge on any atom is 0.264 e. The van der Waals surface area contributed by atoms with Crippen molar-refractivity contribution in [1.82, 2.24) is 0 Å². The summed E-state index contributed by atoms with van der Waals surface area (Å²) in [4.78, 5) is 13.2. The fraction of sp³-hybridized carbons (Fsp3) is 0.167. The topological polar surface area (TPSA) is 122 Å². The first-order chi connectivity index (χ1) is 19.8. The second kappa shape index (κ2) is 12.4. The van der Waals surface area contributed by atoms with E-state index in [4.69, 9.17) is 16.3 Å². The van der Waals surface area contributed by atoms with E-state index in [-0.39, 0.29) is 26.9 Å². The molecule has 0 heterocycles. The summed E-state index contributed by atoms with van der Waals surface area (Å²) in [5.74, 6) is -0.362. The molecule has 4 aromatic rings. The standard InChI is InChI=1S/C30H30ClN3O6S2/c1-20-8-13-25(14-9-20)42(38,39)34(28-18-21(2)10-17-29(28)40-4)19-30(35)32-23-11-15-24(16-12-23)41(36,37)33-27-7-5-6-26(31)22(27)3/h5-18,33H,19H2,1-4H3,(H,32,35). The van der Waals surface area contributed by atoms with E-state index in [0.717, 1.165) is 15.4 Å². The van der Waals surface area contributed by atoms with Crippen LogP contribution in [-0.4, -0.2) is 36.4 Å². The van der Waals surface area contributed by atoms with E-state index in [1.807, 2.05) is 6.92 Å². The van der Waals surface area contributed by atoms with Gasteiger partial charge in [0.1, 0.15) is 12.3 Å². The Bertz CT molecular complexity index is 1830. The second-order valence-corrected chi connectivity index (χ2v) is 13.5. The van der Waals surface area contributed by atoms with E-state index in [2.05, 4.69) is 10.0 Å². The molecule has 0 unspecified atom stereocenters. The minimum atomic E-state index is -4.17. The van der Waals surface area contributed by atoms with Gasteiger partial charge in [-0.3, -0.25) is 13.8 Å². The van der Waals surface area contributed by atoms with Gasteiger partial charge < -0.3 is 10.1 Å². The molecule has 0 spiro atoms. The molecule has 9 nitrogen and oxygen atoms in total. The number of nitrogens with one attached hydrogen (secondary N) is 2. The van der Waals surface area contributed by atoms with Crippen LogP contribution in [0.25, 0.3) is 0 Å². The molecule has 12 heteroatoms. The van der Waals surface area contributed by atoms with E-state index in [1.165, 1.54) is 43.5 Å². The van der Waals surface area contributed by atoms with E-state index in [0.29, 0.717) is 16.3 Å². The van der Waals surface area contributed by atoms with Crippen LogP contribution in [0.1, 0.15) is 16.7 Å². The first-order valence-corrected chi connectivity index (χ1v) is 16.0. The summed E-state index contributed by atoms with van der Waals surface area (Å²) in [6, 6.07) is 21.8. The third-order valence-electron chi connectivity index (χ3n) is 6.46. The minimum absolute atomic E-state index is 0.0152. The number of amides is 1. The summed E-state index contributed by atoms with van der Waals surface area (Å²) in [7, 11) is -6.70. The number of hydrogen-bond acceptors (Lipinski definition) is 6. The molecular weight excluding hydrogens is 598 g/mol. The molecule has 42 heavy (non-hydrogen) atoms. The van der Waals surface area contributed by atoms with E-state index >= 15 is 0 Å². The third-order valence-corrected chi connectivity index (χ3v) is 10.0. The summed E-state index contributed by atoms with van der Waals surface area (Å²) in [5.41, 5.74) is 3.07. The molecule has 0 fully saturated rings. The highest BCUT2D eigenvalue weighted by Crippen LogP contribution is 2.33. The van der Waals surface area contributed by atoms with Crippen LogP contribution in [0.3, 0.4) is 0 Å². The molecule has 4 aromatic carbocycles. The average molecular weight is 628 g/mol. The molecule has 4 rings (SSSR count). The average Bonchev–Trinajstić information content (AvgIpc) is 2.94. The van der Waals surface area contributed by atoms with Gasteiger partial charge in [0.15, 0.2) is 0 Å². The Hall–Kier alpha value is -4.06. The monoisotopic (exact) mass is 627 g/mol. The lowest BCUT2D eigenvalue weighted by atomic mass is 10.2. The number of ether oxygens (including phenoxy) is 1. The normalized spacial score (nSPS) is 11.5. The SMILES string of the molecule is COc1ccc(C)cc1N(CC(=O)Nc1ccc(S(=O)(=O)Nc2cccc(Cl)c2C)cc1)S(=O)(=O)c1ccc(C)cc1. The zero-order valence-electron chi connectivity index (χ0n) is 23.4. The summed E-state index contributed by atoms with van der Waals surface area (Å²) < 4.78 is 62.3. The minimum Gasteiger partial charge on any atom is -0.495 e. The molecule has 2 N–H and O–H groups in total. The molecule has 0 radical (unpaired) electrons. The molecule has 0 bridgehead atoms. The van der Waals surface area contributed by atoms with Gasteiger partial charge in [-0.25, -0.2) is 16.8 Å². The Morgan fingerprint density at radius 2 is 1.45 bits per heavy atom. The van der Waals surface area contributed by atoms with Gasteiger partial charge in [-0.1, -0.05) is 41.4 Å². The lowest BCUT2D eigenvalue weighted by Crippen LogP contribution is -2.38. The van der Waals surface area contributed by atoms with Gasteiger partial charge in [0.25, 0.3) is 20.0 Å². The van der Waals surface area contributed by atoms with Crippen LogP contribution in [0.2, 0.25) is 5.02 Å². The number of rotatable bonds is 10. The predicted octanol–water partition coefficient (Wildman–Crippen LogP) is 5.91. The smallest absolute Gasteiger partial charge is 0.264 e. The van der Waals surface area contributed by atoms with Gasteiger partial charge in [-0.05, 0) is 92.6 Å². The zero-order chi connectivity index (χ0) is 30.7. The summed E-state index contributed by atoms with van der Waals surface area (Å²) in [6.07, 6.45) is 0. The number of nitrogens with zero attached hydrogens (tertiary/aromatic N) is 1. The Kier molecular flexibility index (Phi) is 9.15. The van der Waals surface area contributed by atoms with Crippen molar-refractivity contribution in [2.45, 2.75) is 30.6 Å². The van der Waals surface area contributed by atoms with Crippen LogP contribution in [0, 0.1) is 20.8 Å². The van der Waals surface area contributed by atoms with Gasteiger partial charge in [0.05, 0.1) is 28.3 Å². The van der Waals surface area contributed by atoms with Crippen molar-refractivity contribution in [3.8, 4) is 5.75 Å². The fourth-order valence-electron chi connectivity index (χ4n) is 4.10. The number of benzene rings is 4. The Balaban J connectivity index is 1.58. The number of carbonyl (C=O) groups excluding carboxylic acids is 1. The molecule has 0 aliphatic heterocycles.